The lowest BCUT2D eigenvalue weighted by atomic mass is 10.2. The summed E-state index contributed by atoms with van der Waals surface area (Å²) < 4.78 is 0. The molecule has 1 unspecified atom stereocenters. The van der Waals surface area contributed by atoms with Gasteiger partial charge in [-0.2, -0.15) is 11.8 Å². The molecule has 0 aromatic heterocycles. The van der Waals surface area contributed by atoms with Crippen molar-refractivity contribution in [1.29, 1.82) is 0 Å². The maximum Gasteiger partial charge on any atom is 0.103 e. The molecule has 1 aromatic rings. The maximum atomic E-state index is 5.54. The summed E-state index contributed by atoms with van der Waals surface area (Å²) in [7, 11) is 0. The van der Waals surface area contributed by atoms with Gasteiger partial charge in [0.05, 0.1) is 0 Å². The number of nitrogens with two attached hydrogens (primary N) is 1. The van der Waals surface area contributed by atoms with Gasteiger partial charge in [-0.05, 0) is 49.6 Å². The second kappa shape index (κ2) is 6.76. The number of hydrogen-bond donors (Lipinski definition) is 2. The van der Waals surface area contributed by atoms with Crippen LogP contribution in [-0.4, -0.2) is 23.0 Å². The summed E-state index contributed by atoms with van der Waals surface area (Å²) >= 11 is 6.78. The van der Waals surface area contributed by atoms with Gasteiger partial charge in [0.2, 0.25) is 0 Å². The molecule has 4 heteroatoms. The van der Waals surface area contributed by atoms with E-state index in [9.17, 15) is 0 Å². The average molecular weight is 254 g/mol. The SMILES string of the molecule is CSCCC(C)Nc1ccc(C(N)=S)cc1. The molecular weight excluding hydrogens is 236 g/mol. The Hall–Kier alpha value is -0.740. The molecular formula is C12H18N2S2. The first-order chi connectivity index (χ1) is 7.63. The van der Waals surface area contributed by atoms with Gasteiger partial charge < -0.3 is 11.1 Å². The number of anilines is 1. The molecule has 0 aliphatic rings. The summed E-state index contributed by atoms with van der Waals surface area (Å²) in [4.78, 5) is 0.446. The fourth-order valence-corrected chi connectivity index (χ4v) is 2.11. The van der Waals surface area contributed by atoms with Crippen molar-refractivity contribution in [2.24, 2.45) is 5.73 Å². The minimum atomic E-state index is 0.446. The Labute approximate surface area is 107 Å². The quantitative estimate of drug-likeness (QED) is 0.766. The Bertz CT molecular complexity index is 335. The van der Waals surface area contributed by atoms with Crippen molar-refractivity contribution < 1.29 is 0 Å². The zero-order valence-corrected chi connectivity index (χ0v) is 11.3. The largest absolute Gasteiger partial charge is 0.389 e. The fraction of sp³-hybridized carbons (Fsp3) is 0.417. The lowest BCUT2D eigenvalue weighted by Gasteiger charge is -2.14. The van der Waals surface area contributed by atoms with Crippen LogP contribution in [0, 0.1) is 0 Å². The number of thiocarbonyl (C=S) groups is 1. The summed E-state index contributed by atoms with van der Waals surface area (Å²) in [5.41, 5.74) is 7.57. The van der Waals surface area contributed by atoms with Gasteiger partial charge in [-0.15, -0.1) is 0 Å². The van der Waals surface area contributed by atoms with Crippen LogP contribution in [0.3, 0.4) is 0 Å². The summed E-state index contributed by atoms with van der Waals surface area (Å²) in [6.07, 6.45) is 3.29. The van der Waals surface area contributed by atoms with Crippen LogP contribution in [0.15, 0.2) is 24.3 Å². The van der Waals surface area contributed by atoms with Crippen LogP contribution in [0.4, 0.5) is 5.69 Å². The minimum Gasteiger partial charge on any atom is -0.389 e. The van der Waals surface area contributed by atoms with E-state index in [1.807, 2.05) is 36.0 Å². The Kier molecular flexibility index (Phi) is 5.63. The summed E-state index contributed by atoms with van der Waals surface area (Å²) in [5, 5.41) is 3.45. The molecule has 0 aliphatic heterocycles. The van der Waals surface area contributed by atoms with E-state index in [2.05, 4.69) is 18.5 Å². The van der Waals surface area contributed by atoms with Gasteiger partial charge in [0.1, 0.15) is 4.99 Å². The third-order valence-electron chi connectivity index (χ3n) is 2.34. The third kappa shape index (κ3) is 4.41. The predicted molar refractivity (Wildman–Crippen MR) is 78.4 cm³/mol. The molecule has 0 bridgehead atoms. The smallest absolute Gasteiger partial charge is 0.103 e. The second-order valence-electron chi connectivity index (χ2n) is 3.77. The van der Waals surface area contributed by atoms with Gasteiger partial charge in [-0.3, -0.25) is 0 Å². The molecule has 0 fully saturated rings. The summed E-state index contributed by atoms with van der Waals surface area (Å²) in [6, 6.07) is 8.43. The Balaban J connectivity index is 2.51. The van der Waals surface area contributed by atoms with E-state index in [0.717, 1.165) is 17.7 Å². The molecule has 1 atom stereocenters. The van der Waals surface area contributed by atoms with Crippen LogP contribution in [-0.2, 0) is 0 Å². The first-order valence-electron chi connectivity index (χ1n) is 5.29. The predicted octanol–water partition coefficient (Wildman–Crippen LogP) is 2.87. The zero-order valence-electron chi connectivity index (χ0n) is 9.69. The molecule has 1 aromatic carbocycles. The average Bonchev–Trinajstić information content (AvgIpc) is 2.27. The highest BCUT2D eigenvalue weighted by Crippen LogP contribution is 2.12. The highest BCUT2D eigenvalue weighted by Gasteiger charge is 2.02. The van der Waals surface area contributed by atoms with Gasteiger partial charge >= 0.3 is 0 Å². The fourth-order valence-electron chi connectivity index (χ4n) is 1.38. The van der Waals surface area contributed by atoms with Gasteiger partial charge in [0, 0.05) is 17.3 Å². The van der Waals surface area contributed by atoms with Crippen LogP contribution < -0.4 is 11.1 Å². The molecule has 0 saturated carbocycles. The second-order valence-corrected chi connectivity index (χ2v) is 5.19. The first-order valence-corrected chi connectivity index (χ1v) is 7.09. The van der Waals surface area contributed by atoms with Crippen molar-refractivity contribution in [3.05, 3.63) is 29.8 Å². The highest BCUT2D eigenvalue weighted by atomic mass is 32.2. The van der Waals surface area contributed by atoms with Crippen molar-refractivity contribution in [2.75, 3.05) is 17.3 Å². The topological polar surface area (TPSA) is 38.0 Å². The van der Waals surface area contributed by atoms with Gasteiger partial charge in [-0.25, -0.2) is 0 Å². The van der Waals surface area contributed by atoms with Crippen LogP contribution in [0.5, 0.6) is 0 Å². The Morgan fingerprint density at radius 2 is 2.06 bits per heavy atom. The molecule has 0 heterocycles. The van der Waals surface area contributed by atoms with Crippen molar-refractivity contribution in [3.8, 4) is 0 Å². The van der Waals surface area contributed by atoms with Crippen LogP contribution >= 0.6 is 24.0 Å². The number of benzene rings is 1. The third-order valence-corrected chi connectivity index (χ3v) is 3.22. The molecule has 0 saturated heterocycles. The van der Waals surface area contributed by atoms with Crippen LogP contribution in [0.2, 0.25) is 0 Å². The molecule has 0 aliphatic carbocycles. The lowest BCUT2D eigenvalue weighted by Crippen LogP contribution is -2.16. The number of nitrogens with one attached hydrogen (secondary N) is 1. The minimum absolute atomic E-state index is 0.446. The number of thioether (sulfide) groups is 1. The van der Waals surface area contributed by atoms with E-state index in [1.165, 1.54) is 5.75 Å². The normalized spacial score (nSPS) is 12.1. The maximum absolute atomic E-state index is 5.54. The van der Waals surface area contributed by atoms with E-state index in [-0.39, 0.29) is 0 Å². The lowest BCUT2D eigenvalue weighted by molar-refractivity contribution is 0.772. The molecule has 0 radical (unpaired) electrons. The van der Waals surface area contributed by atoms with Crippen molar-refractivity contribution >= 4 is 34.7 Å². The molecule has 88 valence electrons. The van der Waals surface area contributed by atoms with Crippen LogP contribution in [0.1, 0.15) is 18.9 Å². The summed E-state index contributed by atoms with van der Waals surface area (Å²) in [6.45, 7) is 2.19. The summed E-state index contributed by atoms with van der Waals surface area (Å²) in [5.74, 6) is 1.18. The standard InChI is InChI=1S/C12H18N2S2/c1-9(7-8-16-2)14-11-5-3-10(4-6-11)12(13)15/h3-6,9,14H,7-8H2,1-2H3,(H2,13,15). The Morgan fingerprint density at radius 3 is 2.56 bits per heavy atom. The van der Waals surface area contributed by atoms with Gasteiger partial charge in [-0.1, -0.05) is 12.2 Å². The highest BCUT2D eigenvalue weighted by molar-refractivity contribution is 7.98. The molecule has 2 nitrogen and oxygen atoms in total. The van der Waals surface area contributed by atoms with Crippen molar-refractivity contribution in [3.63, 3.8) is 0 Å². The molecule has 1 rings (SSSR count). The van der Waals surface area contributed by atoms with Gasteiger partial charge in [0.25, 0.3) is 0 Å². The Morgan fingerprint density at radius 1 is 1.44 bits per heavy atom. The van der Waals surface area contributed by atoms with Crippen molar-refractivity contribution in [2.45, 2.75) is 19.4 Å². The monoisotopic (exact) mass is 254 g/mol. The van der Waals surface area contributed by atoms with Crippen molar-refractivity contribution in [1.82, 2.24) is 0 Å². The number of rotatable bonds is 6. The van der Waals surface area contributed by atoms with Crippen LogP contribution in [0.25, 0.3) is 0 Å². The van der Waals surface area contributed by atoms with E-state index >= 15 is 0 Å². The van der Waals surface area contributed by atoms with E-state index in [1.54, 1.807) is 0 Å². The first kappa shape index (κ1) is 13.3. The molecule has 3 N–H and O–H groups in total. The number of hydrogen-bond acceptors (Lipinski definition) is 3. The molecule has 0 amide bonds. The van der Waals surface area contributed by atoms with Gasteiger partial charge in [0.15, 0.2) is 0 Å². The molecule has 0 spiro atoms. The molecule has 16 heavy (non-hydrogen) atoms. The van der Waals surface area contributed by atoms with E-state index in [4.69, 9.17) is 18.0 Å². The van der Waals surface area contributed by atoms with E-state index < -0.39 is 0 Å². The van der Waals surface area contributed by atoms with E-state index in [0.29, 0.717) is 11.0 Å². The zero-order chi connectivity index (χ0) is 12.0.